The van der Waals surface area contributed by atoms with Crippen LogP contribution in [0.5, 0.6) is 5.75 Å². The molecule has 0 aromatic heterocycles. The molecule has 1 amide bonds. The fraction of sp³-hybridized carbons (Fsp3) is 0.235. The van der Waals surface area contributed by atoms with Crippen molar-refractivity contribution in [1.82, 2.24) is 16.2 Å². The molecule has 23 heavy (non-hydrogen) atoms. The SMILES string of the molecule is COc1ccc(CSC2NNC(c3ccccc3)C(=O)N2)cc1. The molecule has 6 heteroatoms. The van der Waals surface area contributed by atoms with Crippen LogP contribution in [0.3, 0.4) is 0 Å². The number of benzene rings is 2. The van der Waals surface area contributed by atoms with Crippen molar-refractivity contribution in [2.24, 2.45) is 0 Å². The summed E-state index contributed by atoms with van der Waals surface area (Å²) in [6.07, 6.45) is 0. The van der Waals surface area contributed by atoms with E-state index in [0.717, 1.165) is 17.1 Å². The van der Waals surface area contributed by atoms with Crippen molar-refractivity contribution in [2.75, 3.05) is 7.11 Å². The van der Waals surface area contributed by atoms with Crippen molar-refractivity contribution in [1.29, 1.82) is 0 Å². The molecule has 1 fully saturated rings. The van der Waals surface area contributed by atoms with E-state index in [9.17, 15) is 4.79 Å². The average molecular weight is 329 g/mol. The second kappa shape index (κ2) is 7.50. The van der Waals surface area contributed by atoms with Gasteiger partial charge in [0.1, 0.15) is 17.3 Å². The van der Waals surface area contributed by atoms with Crippen LogP contribution in [-0.2, 0) is 10.5 Å². The Morgan fingerprint density at radius 1 is 1.04 bits per heavy atom. The Balaban J connectivity index is 1.52. The van der Waals surface area contributed by atoms with Crippen LogP contribution in [0.25, 0.3) is 0 Å². The summed E-state index contributed by atoms with van der Waals surface area (Å²) in [6.45, 7) is 0. The smallest absolute Gasteiger partial charge is 0.244 e. The van der Waals surface area contributed by atoms with Gasteiger partial charge in [-0.3, -0.25) is 4.79 Å². The number of hydrazine groups is 1. The maximum atomic E-state index is 12.3. The lowest BCUT2D eigenvalue weighted by Crippen LogP contribution is -2.60. The van der Waals surface area contributed by atoms with Gasteiger partial charge in [0.2, 0.25) is 5.91 Å². The number of ether oxygens (including phenoxy) is 1. The number of hydrogen-bond acceptors (Lipinski definition) is 5. The van der Waals surface area contributed by atoms with Gasteiger partial charge in [0.15, 0.2) is 0 Å². The fourth-order valence-electron chi connectivity index (χ4n) is 2.34. The molecule has 0 bridgehead atoms. The number of methoxy groups -OCH3 is 1. The third kappa shape index (κ3) is 4.04. The van der Waals surface area contributed by atoms with E-state index in [-0.39, 0.29) is 17.4 Å². The van der Waals surface area contributed by atoms with Crippen molar-refractivity contribution in [3.05, 3.63) is 65.7 Å². The van der Waals surface area contributed by atoms with Gasteiger partial charge in [0, 0.05) is 5.75 Å². The lowest BCUT2D eigenvalue weighted by molar-refractivity contribution is -0.125. The van der Waals surface area contributed by atoms with Crippen LogP contribution in [0.15, 0.2) is 54.6 Å². The van der Waals surface area contributed by atoms with Gasteiger partial charge < -0.3 is 10.1 Å². The standard InChI is InChI=1S/C17H19N3O2S/c1-22-14-9-7-12(8-10-14)11-23-17-18-16(21)15(19-20-17)13-5-3-2-4-6-13/h2-10,15,17,19-20H,11H2,1H3,(H,18,21). The highest BCUT2D eigenvalue weighted by molar-refractivity contribution is 7.99. The van der Waals surface area contributed by atoms with Crippen LogP contribution in [0.4, 0.5) is 0 Å². The molecule has 0 aliphatic carbocycles. The number of rotatable bonds is 5. The van der Waals surface area contributed by atoms with Crippen molar-refractivity contribution in [3.63, 3.8) is 0 Å². The fourth-order valence-corrected chi connectivity index (χ4v) is 3.24. The predicted octanol–water partition coefficient (Wildman–Crippen LogP) is 2.18. The van der Waals surface area contributed by atoms with E-state index in [1.165, 1.54) is 5.56 Å². The number of hydrogen-bond donors (Lipinski definition) is 3. The Kier molecular flexibility index (Phi) is 5.17. The second-order valence-corrected chi connectivity index (χ2v) is 6.27. The van der Waals surface area contributed by atoms with E-state index >= 15 is 0 Å². The predicted molar refractivity (Wildman–Crippen MR) is 91.7 cm³/mol. The highest BCUT2D eigenvalue weighted by atomic mass is 32.2. The van der Waals surface area contributed by atoms with E-state index in [4.69, 9.17) is 4.74 Å². The van der Waals surface area contributed by atoms with Gasteiger partial charge in [-0.2, -0.15) is 0 Å². The van der Waals surface area contributed by atoms with Crippen LogP contribution in [0.1, 0.15) is 17.2 Å². The molecule has 1 heterocycles. The largest absolute Gasteiger partial charge is 0.497 e. The Labute approximate surface area is 139 Å². The summed E-state index contributed by atoms with van der Waals surface area (Å²) >= 11 is 1.62. The molecule has 0 saturated carbocycles. The molecular formula is C17H19N3O2S. The Morgan fingerprint density at radius 2 is 1.78 bits per heavy atom. The lowest BCUT2D eigenvalue weighted by atomic mass is 10.1. The molecule has 2 aromatic rings. The van der Waals surface area contributed by atoms with E-state index in [0.29, 0.717) is 0 Å². The molecule has 2 unspecified atom stereocenters. The Hall–Kier alpha value is -2.02. The van der Waals surface area contributed by atoms with Gasteiger partial charge in [-0.1, -0.05) is 42.5 Å². The summed E-state index contributed by atoms with van der Waals surface area (Å²) in [5.74, 6) is 1.61. The third-order valence-corrected chi connectivity index (χ3v) is 4.67. The van der Waals surface area contributed by atoms with Crippen LogP contribution in [0.2, 0.25) is 0 Å². The summed E-state index contributed by atoms with van der Waals surface area (Å²) in [4.78, 5) is 12.3. The minimum atomic E-state index is -0.367. The van der Waals surface area contributed by atoms with Gasteiger partial charge in [0.05, 0.1) is 7.11 Å². The molecule has 1 saturated heterocycles. The van der Waals surface area contributed by atoms with Gasteiger partial charge in [-0.15, -0.1) is 11.8 Å². The molecule has 2 atom stereocenters. The maximum absolute atomic E-state index is 12.3. The molecule has 3 N–H and O–H groups in total. The van der Waals surface area contributed by atoms with E-state index in [2.05, 4.69) is 16.2 Å². The van der Waals surface area contributed by atoms with Gasteiger partial charge >= 0.3 is 0 Å². The lowest BCUT2D eigenvalue weighted by Gasteiger charge is -2.31. The minimum Gasteiger partial charge on any atom is -0.497 e. The summed E-state index contributed by atoms with van der Waals surface area (Å²) < 4.78 is 5.15. The van der Waals surface area contributed by atoms with Crippen molar-refractivity contribution >= 4 is 17.7 Å². The highest BCUT2D eigenvalue weighted by Crippen LogP contribution is 2.21. The summed E-state index contributed by atoms with van der Waals surface area (Å²) in [6, 6.07) is 17.2. The zero-order valence-electron chi connectivity index (χ0n) is 12.8. The summed E-state index contributed by atoms with van der Waals surface area (Å²) in [7, 11) is 1.65. The molecule has 2 aromatic carbocycles. The van der Waals surface area contributed by atoms with Gasteiger partial charge in [0.25, 0.3) is 0 Å². The quantitative estimate of drug-likeness (QED) is 0.785. The Morgan fingerprint density at radius 3 is 2.43 bits per heavy atom. The molecule has 5 nitrogen and oxygen atoms in total. The first-order chi connectivity index (χ1) is 11.3. The van der Waals surface area contributed by atoms with Crippen LogP contribution >= 0.6 is 11.8 Å². The first-order valence-electron chi connectivity index (χ1n) is 7.37. The van der Waals surface area contributed by atoms with Crippen LogP contribution in [-0.4, -0.2) is 18.5 Å². The topological polar surface area (TPSA) is 62.4 Å². The number of thioether (sulfide) groups is 1. The van der Waals surface area contributed by atoms with Crippen molar-refractivity contribution < 1.29 is 9.53 Å². The molecule has 1 aliphatic rings. The van der Waals surface area contributed by atoms with Gasteiger partial charge in [-0.25, -0.2) is 10.9 Å². The Bertz CT molecular complexity index is 649. The minimum absolute atomic E-state index is 0.0258. The molecular weight excluding hydrogens is 310 g/mol. The molecule has 1 aliphatic heterocycles. The first kappa shape index (κ1) is 15.9. The second-order valence-electron chi connectivity index (χ2n) is 5.18. The zero-order chi connectivity index (χ0) is 16.1. The number of carbonyl (C=O) groups excluding carboxylic acids is 1. The zero-order valence-corrected chi connectivity index (χ0v) is 13.6. The monoisotopic (exact) mass is 329 g/mol. The number of amides is 1. The number of nitrogens with one attached hydrogen (secondary N) is 3. The van der Waals surface area contributed by atoms with Crippen LogP contribution < -0.4 is 20.9 Å². The average Bonchev–Trinajstić information content (AvgIpc) is 2.61. The van der Waals surface area contributed by atoms with Crippen molar-refractivity contribution in [2.45, 2.75) is 17.3 Å². The highest BCUT2D eigenvalue weighted by Gasteiger charge is 2.28. The molecule has 0 radical (unpaired) electrons. The maximum Gasteiger partial charge on any atom is 0.244 e. The van der Waals surface area contributed by atoms with E-state index in [1.807, 2.05) is 54.6 Å². The molecule has 120 valence electrons. The third-order valence-electron chi connectivity index (χ3n) is 3.60. The molecule has 3 rings (SSSR count). The van der Waals surface area contributed by atoms with E-state index < -0.39 is 0 Å². The summed E-state index contributed by atoms with van der Waals surface area (Å²) in [5.41, 5.74) is 8.19. The first-order valence-corrected chi connectivity index (χ1v) is 8.42. The van der Waals surface area contributed by atoms with E-state index in [1.54, 1.807) is 18.9 Å². The van der Waals surface area contributed by atoms with Gasteiger partial charge in [-0.05, 0) is 23.3 Å². The normalized spacial score (nSPS) is 20.8. The number of carbonyl (C=O) groups is 1. The summed E-state index contributed by atoms with van der Waals surface area (Å²) in [5, 5.41) is 2.98. The van der Waals surface area contributed by atoms with Crippen LogP contribution in [0, 0.1) is 0 Å². The van der Waals surface area contributed by atoms with Crippen molar-refractivity contribution in [3.8, 4) is 5.75 Å². The molecule has 0 spiro atoms.